The Morgan fingerprint density at radius 3 is 2.43 bits per heavy atom. The van der Waals surface area contributed by atoms with Crippen LogP contribution in [0.5, 0.6) is 5.75 Å². The minimum Gasteiger partial charge on any atom is -0.489 e. The van der Waals surface area contributed by atoms with Gasteiger partial charge in [-0.3, -0.25) is 20.2 Å². The summed E-state index contributed by atoms with van der Waals surface area (Å²) in [7, 11) is 0. The smallest absolute Gasteiger partial charge is 0.288 e. The van der Waals surface area contributed by atoms with E-state index >= 15 is 0 Å². The molecule has 0 N–H and O–H groups in total. The summed E-state index contributed by atoms with van der Waals surface area (Å²) < 4.78 is 5.41. The van der Waals surface area contributed by atoms with E-state index in [4.69, 9.17) is 16.3 Å². The molecule has 0 unspecified atom stereocenters. The Hall–Kier alpha value is -2.67. The first-order valence-electron chi connectivity index (χ1n) is 5.77. The van der Waals surface area contributed by atoms with Gasteiger partial charge in [-0.05, 0) is 11.6 Å². The number of halogens is 1. The third-order valence-electron chi connectivity index (χ3n) is 2.64. The zero-order valence-corrected chi connectivity index (χ0v) is 11.3. The van der Waals surface area contributed by atoms with Gasteiger partial charge in [0.1, 0.15) is 17.4 Å². The molecule has 8 heteroatoms. The maximum atomic E-state index is 10.7. The first-order valence-corrected chi connectivity index (χ1v) is 6.15. The normalized spacial score (nSPS) is 10.1. The maximum absolute atomic E-state index is 10.7. The standard InChI is InChI=1S/C13H9ClN2O5/c14-12-7-11(4-5-13(12)16(19)20)21-8-9-2-1-3-10(6-9)15(17)18/h1-7H,8H2. The van der Waals surface area contributed by atoms with Crippen molar-refractivity contribution in [3.8, 4) is 5.75 Å². The van der Waals surface area contributed by atoms with Gasteiger partial charge in [-0.15, -0.1) is 0 Å². The van der Waals surface area contributed by atoms with Crippen molar-refractivity contribution in [3.63, 3.8) is 0 Å². The lowest BCUT2D eigenvalue weighted by Gasteiger charge is -2.06. The van der Waals surface area contributed by atoms with Gasteiger partial charge >= 0.3 is 0 Å². The summed E-state index contributed by atoms with van der Waals surface area (Å²) in [5.74, 6) is 0.345. The van der Waals surface area contributed by atoms with Crippen molar-refractivity contribution < 1.29 is 14.6 Å². The zero-order chi connectivity index (χ0) is 15.4. The number of nitrogens with zero attached hydrogens (tertiary/aromatic N) is 2. The highest BCUT2D eigenvalue weighted by molar-refractivity contribution is 6.32. The van der Waals surface area contributed by atoms with Crippen LogP contribution in [0.15, 0.2) is 42.5 Å². The number of nitro benzene ring substituents is 2. The van der Waals surface area contributed by atoms with Crippen LogP contribution < -0.4 is 4.74 Å². The molecule has 21 heavy (non-hydrogen) atoms. The van der Waals surface area contributed by atoms with Crippen molar-refractivity contribution in [2.24, 2.45) is 0 Å². The minimum absolute atomic E-state index is 0.0298. The van der Waals surface area contributed by atoms with Gasteiger partial charge in [-0.1, -0.05) is 23.7 Å². The van der Waals surface area contributed by atoms with Crippen molar-refractivity contribution in [2.45, 2.75) is 6.61 Å². The molecule has 0 heterocycles. The molecule has 0 aromatic heterocycles. The third-order valence-corrected chi connectivity index (χ3v) is 2.95. The van der Waals surface area contributed by atoms with Gasteiger partial charge in [0.2, 0.25) is 0 Å². The van der Waals surface area contributed by atoms with Gasteiger partial charge in [0.15, 0.2) is 0 Å². The molecular weight excluding hydrogens is 300 g/mol. The summed E-state index contributed by atoms with van der Waals surface area (Å²) in [6, 6.07) is 10.0. The lowest BCUT2D eigenvalue weighted by molar-refractivity contribution is -0.385. The molecule has 0 saturated heterocycles. The first kappa shape index (κ1) is 14.7. The van der Waals surface area contributed by atoms with Gasteiger partial charge in [0.25, 0.3) is 11.4 Å². The van der Waals surface area contributed by atoms with Crippen molar-refractivity contribution in [1.82, 2.24) is 0 Å². The second kappa shape index (κ2) is 6.19. The minimum atomic E-state index is -0.591. The van der Waals surface area contributed by atoms with Crippen LogP contribution in [0.1, 0.15) is 5.56 Å². The predicted molar refractivity (Wildman–Crippen MR) is 75.5 cm³/mol. The summed E-state index contributed by atoms with van der Waals surface area (Å²) in [4.78, 5) is 20.2. The highest BCUT2D eigenvalue weighted by atomic mass is 35.5. The summed E-state index contributed by atoms with van der Waals surface area (Å²) in [6.07, 6.45) is 0. The molecule has 2 rings (SSSR count). The Balaban J connectivity index is 2.10. The second-order valence-electron chi connectivity index (χ2n) is 4.09. The Labute approximate surface area is 124 Å². The number of hydrogen-bond acceptors (Lipinski definition) is 5. The summed E-state index contributed by atoms with van der Waals surface area (Å²) in [5.41, 5.74) is 0.371. The van der Waals surface area contributed by atoms with E-state index in [9.17, 15) is 20.2 Å². The average molecular weight is 309 g/mol. The van der Waals surface area contributed by atoms with Crippen LogP contribution in [0.4, 0.5) is 11.4 Å². The second-order valence-corrected chi connectivity index (χ2v) is 4.49. The predicted octanol–water partition coefficient (Wildman–Crippen LogP) is 3.74. The molecule has 0 radical (unpaired) electrons. The number of ether oxygens (including phenoxy) is 1. The molecule has 0 bridgehead atoms. The van der Waals surface area contributed by atoms with Crippen molar-refractivity contribution >= 4 is 23.0 Å². The van der Waals surface area contributed by atoms with E-state index in [0.717, 1.165) is 0 Å². The third kappa shape index (κ3) is 3.67. The molecule has 0 aliphatic carbocycles. The number of nitro groups is 2. The molecule has 108 valence electrons. The number of benzene rings is 2. The molecule has 2 aromatic rings. The maximum Gasteiger partial charge on any atom is 0.288 e. The fourth-order valence-electron chi connectivity index (χ4n) is 1.65. The summed E-state index contributed by atoms with van der Waals surface area (Å²) in [6.45, 7) is 0.0931. The number of hydrogen-bond donors (Lipinski definition) is 0. The molecule has 0 atom stereocenters. The van der Waals surface area contributed by atoms with E-state index in [-0.39, 0.29) is 23.0 Å². The molecule has 0 amide bonds. The van der Waals surface area contributed by atoms with Gasteiger partial charge in [0.05, 0.1) is 9.85 Å². The molecular formula is C13H9ClN2O5. The van der Waals surface area contributed by atoms with Crippen LogP contribution in [0.3, 0.4) is 0 Å². The van der Waals surface area contributed by atoms with E-state index in [1.54, 1.807) is 12.1 Å². The van der Waals surface area contributed by atoms with Crippen LogP contribution in [0.25, 0.3) is 0 Å². The monoisotopic (exact) mass is 308 g/mol. The first-order chi connectivity index (χ1) is 9.97. The van der Waals surface area contributed by atoms with Crippen LogP contribution >= 0.6 is 11.6 Å². The van der Waals surface area contributed by atoms with Crippen molar-refractivity contribution in [2.75, 3.05) is 0 Å². The zero-order valence-electron chi connectivity index (χ0n) is 10.6. The van der Waals surface area contributed by atoms with E-state index in [0.29, 0.717) is 11.3 Å². The number of rotatable bonds is 5. The lowest BCUT2D eigenvalue weighted by Crippen LogP contribution is -1.97. The van der Waals surface area contributed by atoms with Crippen LogP contribution in [-0.2, 0) is 6.61 Å². The highest BCUT2D eigenvalue weighted by Crippen LogP contribution is 2.28. The summed E-state index contributed by atoms with van der Waals surface area (Å²) in [5, 5.41) is 21.3. The molecule has 7 nitrogen and oxygen atoms in total. The number of non-ortho nitro benzene ring substituents is 1. The van der Waals surface area contributed by atoms with Gasteiger partial charge in [-0.2, -0.15) is 0 Å². The molecule has 0 saturated carbocycles. The average Bonchev–Trinajstić information content (AvgIpc) is 2.45. The topological polar surface area (TPSA) is 95.5 Å². The van der Waals surface area contributed by atoms with Gasteiger partial charge in [-0.25, -0.2) is 0 Å². The Morgan fingerprint density at radius 1 is 1.05 bits per heavy atom. The fraction of sp³-hybridized carbons (Fsp3) is 0.0769. The summed E-state index contributed by atoms with van der Waals surface area (Å²) >= 11 is 5.76. The molecule has 0 aliphatic rings. The van der Waals surface area contributed by atoms with E-state index < -0.39 is 9.85 Å². The highest BCUT2D eigenvalue weighted by Gasteiger charge is 2.13. The Morgan fingerprint density at radius 2 is 1.81 bits per heavy atom. The Bertz CT molecular complexity index is 705. The largest absolute Gasteiger partial charge is 0.489 e. The van der Waals surface area contributed by atoms with E-state index in [1.807, 2.05) is 0 Å². The van der Waals surface area contributed by atoms with Crippen molar-refractivity contribution in [3.05, 3.63) is 73.3 Å². The lowest BCUT2D eigenvalue weighted by atomic mass is 10.2. The van der Waals surface area contributed by atoms with Crippen LogP contribution in [0.2, 0.25) is 5.02 Å². The quantitative estimate of drug-likeness (QED) is 0.619. The van der Waals surface area contributed by atoms with Crippen molar-refractivity contribution in [1.29, 1.82) is 0 Å². The molecule has 0 spiro atoms. The van der Waals surface area contributed by atoms with E-state index in [1.165, 1.54) is 30.3 Å². The van der Waals surface area contributed by atoms with E-state index in [2.05, 4.69) is 0 Å². The Kier molecular flexibility index (Phi) is 4.34. The van der Waals surface area contributed by atoms with Gasteiger partial charge < -0.3 is 4.74 Å². The molecule has 0 aliphatic heterocycles. The molecule has 0 fully saturated rings. The van der Waals surface area contributed by atoms with Crippen LogP contribution in [-0.4, -0.2) is 9.85 Å². The van der Waals surface area contributed by atoms with Gasteiger partial charge in [0, 0.05) is 24.3 Å². The molecule has 2 aromatic carbocycles. The fourth-order valence-corrected chi connectivity index (χ4v) is 1.89. The van der Waals surface area contributed by atoms with Crippen LogP contribution in [0, 0.1) is 20.2 Å². The SMILES string of the molecule is O=[N+]([O-])c1cccc(COc2ccc([N+](=O)[O-])c(Cl)c2)c1.